The van der Waals surface area contributed by atoms with Gasteiger partial charge in [-0.25, -0.2) is 21.9 Å². The lowest BCUT2D eigenvalue weighted by Crippen LogP contribution is -2.41. The predicted octanol–water partition coefficient (Wildman–Crippen LogP) is 2.34. The highest BCUT2D eigenvalue weighted by molar-refractivity contribution is 7.91. The molecule has 3 N–H and O–H groups in total. The first-order valence-electron chi connectivity index (χ1n) is 5.66. The van der Waals surface area contributed by atoms with Crippen LogP contribution in [0.25, 0.3) is 0 Å². The fourth-order valence-electron chi connectivity index (χ4n) is 1.21. The van der Waals surface area contributed by atoms with E-state index >= 15 is 0 Å². The molecule has 0 aromatic carbocycles. The van der Waals surface area contributed by atoms with Crippen molar-refractivity contribution in [3.63, 3.8) is 0 Å². The summed E-state index contributed by atoms with van der Waals surface area (Å²) in [6, 6.07) is 3.12. The second kappa shape index (κ2) is 6.65. The Morgan fingerprint density at radius 3 is 2.25 bits per heavy atom. The van der Waals surface area contributed by atoms with Gasteiger partial charge in [0.2, 0.25) is 10.0 Å². The monoisotopic (exact) mass is 348 g/mol. The summed E-state index contributed by atoms with van der Waals surface area (Å²) in [5, 5.41) is 0. The highest BCUT2D eigenvalue weighted by Crippen LogP contribution is 2.31. The first kappa shape index (κ1) is 19.7. The average molecular weight is 349 g/mol. The van der Waals surface area contributed by atoms with Crippen LogP contribution in [0.5, 0.6) is 0 Å². The maximum Gasteiger partial charge on any atom is 0.273 e. The maximum atomic E-state index is 12.9. The molecule has 0 amide bonds. The summed E-state index contributed by atoms with van der Waals surface area (Å²) >= 11 is 1.08. The van der Waals surface area contributed by atoms with Crippen molar-refractivity contribution in [2.75, 3.05) is 13.1 Å². The van der Waals surface area contributed by atoms with Crippen LogP contribution in [-0.4, -0.2) is 27.4 Å². The van der Waals surface area contributed by atoms with Crippen molar-refractivity contribution in [1.29, 1.82) is 0 Å². The molecule has 0 radical (unpaired) electrons. The van der Waals surface area contributed by atoms with Gasteiger partial charge in [0.25, 0.3) is 5.92 Å². The minimum atomic E-state index is -3.91. The number of halogens is 3. The van der Waals surface area contributed by atoms with Gasteiger partial charge in [0.1, 0.15) is 4.21 Å². The summed E-state index contributed by atoms with van der Waals surface area (Å²) in [5.74, 6) is -3.24. The molecule has 0 aliphatic rings. The number of alkyl halides is 2. The molecule has 0 atom stereocenters. The SMILES string of the molecule is CC(C)(C)c1ccc(S(=O)(=O)NCC(F)(F)CN)s1.Cl. The topological polar surface area (TPSA) is 72.2 Å². The number of sulfonamides is 1. The molecule has 9 heteroatoms. The van der Waals surface area contributed by atoms with E-state index in [1.165, 1.54) is 6.07 Å². The van der Waals surface area contributed by atoms with Crippen LogP contribution in [-0.2, 0) is 15.4 Å². The van der Waals surface area contributed by atoms with E-state index in [0.29, 0.717) is 0 Å². The fraction of sp³-hybridized carbons (Fsp3) is 0.636. The molecule has 0 saturated heterocycles. The lowest BCUT2D eigenvalue weighted by atomic mass is 9.95. The van der Waals surface area contributed by atoms with Crippen molar-refractivity contribution in [3.05, 3.63) is 17.0 Å². The van der Waals surface area contributed by atoms with Crippen LogP contribution in [0.15, 0.2) is 16.3 Å². The lowest BCUT2D eigenvalue weighted by molar-refractivity contribution is 0.0170. The third kappa shape index (κ3) is 5.25. The number of thiophene rings is 1. The van der Waals surface area contributed by atoms with Crippen molar-refractivity contribution in [3.8, 4) is 0 Å². The van der Waals surface area contributed by atoms with E-state index in [-0.39, 0.29) is 22.0 Å². The van der Waals surface area contributed by atoms with E-state index in [0.717, 1.165) is 16.2 Å². The second-order valence-electron chi connectivity index (χ2n) is 5.25. The standard InChI is InChI=1S/C11H18F2N2O2S2.ClH/c1-10(2,3)8-4-5-9(18-8)19(16,17)15-7-11(12,13)6-14;/h4-5,15H,6-7,14H2,1-3H3;1H. The number of nitrogens with two attached hydrogens (primary N) is 1. The highest BCUT2D eigenvalue weighted by Gasteiger charge is 2.30. The van der Waals surface area contributed by atoms with Gasteiger partial charge in [-0.15, -0.1) is 23.7 Å². The molecule has 0 bridgehead atoms. The molecule has 0 aliphatic carbocycles. The van der Waals surface area contributed by atoms with E-state index in [1.54, 1.807) is 6.07 Å². The number of rotatable bonds is 5. The Labute approximate surface area is 128 Å². The van der Waals surface area contributed by atoms with Crippen LogP contribution < -0.4 is 10.5 Å². The Hall–Kier alpha value is -0.280. The Morgan fingerprint density at radius 2 is 1.85 bits per heavy atom. The molecule has 0 spiro atoms. The van der Waals surface area contributed by atoms with E-state index in [2.05, 4.69) is 0 Å². The van der Waals surface area contributed by atoms with Crippen LogP contribution in [0.1, 0.15) is 25.6 Å². The van der Waals surface area contributed by atoms with Gasteiger partial charge in [-0.3, -0.25) is 0 Å². The summed E-state index contributed by atoms with van der Waals surface area (Å²) in [6.45, 7) is 3.96. The van der Waals surface area contributed by atoms with Gasteiger partial charge in [0, 0.05) is 4.88 Å². The molecule has 0 aliphatic heterocycles. The molecule has 1 heterocycles. The summed E-state index contributed by atoms with van der Waals surface area (Å²) in [7, 11) is -3.91. The van der Waals surface area contributed by atoms with E-state index in [9.17, 15) is 17.2 Å². The summed E-state index contributed by atoms with van der Waals surface area (Å²) in [6.07, 6.45) is 0. The molecule has 118 valence electrons. The Morgan fingerprint density at radius 1 is 1.30 bits per heavy atom. The second-order valence-corrected chi connectivity index (χ2v) is 8.33. The third-order valence-corrected chi connectivity index (χ3v) is 5.81. The smallest absolute Gasteiger partial charge is 0.273 e. The molecule has 0 unspecified atom stereocenters. The molecular weight excluding hydrogens is 330 g/mol. The van der Waals surface area contributed by atoms with Crippen molar-refractivity contribution in [2.45, 2.75) is 36.3 Å². The Kier molecular flexibility index (Phi) is 6.56. The van der Waals surface area contributed by atoms with Crippen molar-refractivity contribution in [1.82, 2.24) is 4.72 Å². The minimum Gasteiger partial charge on any atom is -0.325 e. The molecule has 1 rings (SSSR count). The van der Waals surface area contributed by atoms with E-state index in [1.807, 2.05) is 25.5 Å². The zero-order valence-corrected chi connectivity index (χ0v) is 13.9. The van der Waals surface area contributed by atoms with Gasteiger partial charge < -0.3 is 5.73 Å². The average Bonchev–Trinajstić information content (AvgIpc) is 2.76. The quantitative estimate of drug-likeness (QED) is 0.857. The van der Waals surface area contributed by atoms with Gasteiger partial charge in [0.05, 0.1) is 13.1 Å². The van der Waals surface area contributed by atoms with Crippen LogP contribution >= 0.6 is 23.7 Å². The first-order chi connectivity index (χ1) is 8.48. The van der Waals surface area contributed by atoms with Crippen molar-refractivity contribution in [2.24, 2.45) is 5.73 Å². The molecule has 0 fully saturated rings. The van der Waals surface area contributed by atoms with Crippen LogP contribution in [0, 0.1) is 0 Å². The first-order valence-corrected chi connectivity index (χ1v) is 7.96. The van der Waals surface area contributed by atoms with Crippen molar-refractivity contribution < 1.29 is 17.2 Å². The largest absolute Gasteiger partial charge is 0.325 e. The lowest BCUT2D eigenvalue weighted by Gasteiger charge is -2.15. The summed E-state index contributed by atoms with van der Waals surface area (Å²) in [4.78, 5) is 0.874. The highest BCUT2D eigenvalue weighted by atomic mass is 35.5. The Bertz CT molecular complexity index is 539. The zero-order valence-electron chi connectivity index (χ0n) is 11.4. The normalized spacial score (nSPS) is 13.1. The molecule has 4 nitrogen and oxygen atoms in total. The van der Waals surface area contributed by atoms with Gasteiger partial charge in [0.15, 0.2) is 0 Å². The van der Waals surface area contributed by atoms with Crippen LogP contribution in [0.2, 0.25) is 0 Å². The van der Waals surface area contributed by atoms with Crippen LogP contribution in [0.4, 0.5) is 8.78 Å². The molecule has 1 aromatic rings. The molecule has 20 heavy (non-hydrogen) atoms. The number of hydrogen-bond donors (Lipinski definition) is 2. The molecular formula is C11H19ClF2N2O2S2. The van der Waals surface area contributed by atoms with Gasteiger partial charge in [-0.2, -0.15) is 0 Å². The summed E-state index contributed by atoms with van der Waals surface area (Å²) in [5.41, 5.74) is 4.67. The fourth-order valence-corrected chi connectivity index (χ4v) is 3.68. The zero-order chi connectivity index (χ0) is 14.9. The third-order valence-electron chi connectivity index (χ3n) is 2.40. The number of nitrogens with one attached hydrogen (secondary N) is 1. The van der Waals surface area contributed by atoms with Gasteiger partial charge >= 0.3 is 0 Å². The van der Waals surface area contributed by atoms with Gasteiger partial charge in [-0.1, -0.05) is 20.8 Å². The van der Waals surface area contributed by atoms with E-state index in [4.69, 9.17) is 5.73 Å². The van der Waals surface area contributed by atoms with Crippen molar-refractivity contribution >= 4 is 33.8 Å². The predicted molar refractivity (Wildman–Crippen MR) is 79.5 cm³/mol. The van der Waals surface area contributed by atoms with Gasteiger partial charge in [-0.05, 0) is 17.5 Å². The maximum absolute atomic E-state index is 12.9. The molecule has 0 saturated carbocycles. The summed E-state index contributed by atoms with van der Waals surface area (Å²) < 4.78 is 51.5. The van der Waals surface area contributed by atoms with E-state index < -0.39 is 29.0 Å². The minimum absolute atomic E-state index is 0. The Balaban J connectivity index is 0.00000361. The molecule has 1 aromatic heterocycles. The number of hydrogen-bond acceptors (Lipinski definition) is 4. The van der Waals surface area contributed by atoms with Crippen LogP contribution in [0.3, 0.4) is 0 Å².